The van der Waals surface area contributed by atoms with Crippen LogP contribution in [0.4, 0.5) is 0 Å². The summed E-state index contributed by atoms with van der Waals surface area (Å²) in [5.41, 5.74) is -0.546. The van der Waals surface area contributed by atoms with Gasteiger partial charge in [-0.1, -0.05) is 0 Å². The van der Waals surface area contributed by atoms with Gasteiger partial charge in [0.25, 0.3) is 5.56 Å². The zero-order chi connectivity index (χ0) is 19.5. The van der Waals surface area contributed by atoms with Crippen molar-refractivity contribution in [2.45, 2.75) is 65.6 Å². The summed E-state index contributed by atoms with van der Waals surface area (Å²) in [4.78, 5) is 25.7. The van der Waals surface area contributed by atoms with Gasteiger partial charge in [-0.05, 0) is 34.6 Å². The highest BCUT2D eigenvalue weighted by Crippen LogP contribution is 2.51. The van der Waals surface area contributed by atoms with Gasteiger partial charge in [0.15, 0.2) is 0 Å². The van der Waals surface area contributed by atoms with Gasteiger partial charge in [-0.3, -0.25) is 18.9 Å². The van der Waals surface area contributed by atoms with Gasteiger partial charge in [0, 0.05) is 18.2 Å². The van der Waals surface area contributed by atoms with Crippen molar-refractivity contribution in [3.05, 3.63) is 32.6 Å². The van der Waals surface area contributed by atoms with Crippen molar-refractivity contribution in [1.29, 1.82) is 0 Å². The number of aromatic nitrogens is 2. The summed E-state index contributed by atoms with van der Waals surface area (Å²) in [6, 6.07) is 0. The Morgan fingerprint density at radius 1 is 1.27 bits per heavy atom. The van der Waals surface area contributed by atoms with Crippen LogP contribution in [-0.2, 0) is 23.1 Å². The van der Waals surface area contributed by atoms with Gasteiger partial charge >= 0.3 is 13.3 Å². The molecule has 0 aromatic carbocycles. The molecule has 1 aliphatic rings. The van der Waals surface area contributed by atoms with Gasteiger partial charge in [0.05, 0.1) is 24.9 Å². The lowest BCUT2D eigenvalue weighted by Crippen LogP contribution is -2.33. The van der Waals surface area contributed by atoms with E-state index in [2.05, 4.69) is 4.98 Å². The second-order valence-electron chi connectivity index (χ2n) is 6.84. The number of H-pyrrole nitrogens is 1. The molecule has 1 aromatic rings. The first-order chi connectivity index (χ1) is 12.1. The van der Waals surface area contributed by atoms with Crippen LogP contribution in [0.15, 0.2) is 15.8 Å². The van der Waals surface area contributed by atoms with Crippen molar-refractivity contribution in [1.82, 2.24) is 9.55 Å². The number of aromatic amines is 1. The molecule has 2 atom stereocenters. The first-order valence-corrected chi connectivity index (χ1v) is 10.3. The third-order valence-corrected chi connectivity index (χ3v) is 5.56. The third-order valence-electron chi connectivity index (χ3n) is 3.61. The van der Waals surface area contributed by atoms with E-state index in [0.29, 0.717) is 12.0 Å². The van der Waals surface area contributed by atoms with E-state index in [-0.39, 0.29) is 31.3 Å². The third kappa shape index (κ3) is 5.62. The molecule has 148 valence electrons. The summed E-state index contributed by atoms with van der Waals surface area (Å²) >= 11 is 0. The van der Waals surface area contributed by atoms with Crippen LogP contribution < -0.4 is 11.2 Å². The highest BCUT2D eigenvalue weighted by Gasteiger charge is 2.33. The molecule has 1 fully saturated rings. The number of nitrogens with one attached hydrogen (secondary N) is 1. The predicted octanol–water partition coefficient (Wildman–Crippen LogP) is 2.15. The molecule has 1 aliphatic heterocycles. The van der Waals surface area contributed by atoms with Crippen molar-refractivity contribution < 1.29 is 23.1 Å². The van der Waals surface area contributed by atoms with Gasteiger partial charge in [-0.25, -0.2) is 4.79 Å². The van der Waals surface area contributed by atoms with Crippen LogP contribution in [0.5, 0.6) is 0 Å². The van der Waals surface area contributed by atoms with Crippen LogP contribution in [0.25, 0.3) is 0 Å². The monoisotopic (exact) mass is 390 g/mol. The van der Waals surface area contributed by atoms with Gasteiger partial charge in [-0.15, -0.1) is 0 Å². The Morgan fingerprint density at radius 2 is 1.88 bits per heavy atom. The topological polar surface area (TPSA) is 109 Å². The maximum absolute atomic E-state index is 12.8. The molecule has 1 N–H and O–H groups in total. The van der Waals surface area contributed by atoms with Crippen LogP contribution in [0.2, 0.25) is 0 Å². The Morgan fingerprint density at radius 3 is 2.46 bits per heavy atom. The van der Waals surface area contributed by atoms with E-state index in [1.165, 1.54) is 10.8 Å². The van der Waals surface area contributed by atoms with Crippen LogP contribution in [-0.4, -0.2) is 40.8 Å². The van der Waals surface area contributed by atoms with E-state index in [4.69, 9.17) is 18.5 Å². The number of rotatable bonds is 8. The predicted molar refractivity (Wildman–Crippen MR) is 95.5 cm³/mol. The molecule has 2 heterocycles. The van der Waals surface area contributed by atoms with Crippen LogP contribution in [0, 0.1) is 6.92 Å². The van der Waals surface area contributed by atoms with Gasteiger partial charge in [0.1, 0.15) is 12.6 Å². The number of aryl methyl sites for hydroxylation is 1. The molecule has 0 aliphatic carbocycles. The van der Waals surface area contributed by atoms with E-state index >= 15 is 0 Å². The van der Waals surface area contributed by atoms with Crippen molar-refractivity contribution in [3.8, 4) is 0 Å². The van der Waals surface area contributed by atoms with E-state index in [1.54, 1.807) is 34.6 Å². The average Bonchev–Trinajstić information content (AvgIpc) is 2.96. The van der Waals surface area contributed by atoms with Gasteiger partial charge in [0.2, 0.25) is 0 Å². The Hall–Kier alpha value is -1.25. The van der Waals surface area contributed by atoms with Crippen molar-refractivity contribution >= 4 is 7.60 Å². The summed E-state index contributed by atoms with van der Waals surface area (Å²) in [6.45, 7) is 8.94. The average molecular weight is 390 g/mol. The maximum Gasteiger partial charge on any atom is 0.356 e. The zero-order valence-corrected chi connectivity index (χ0v) is 16.7. The summed E-state index contributed by atoms with van der Waals surface area (Å²) in [6.07, 6.45) is 0.205. The van der Waals surface area contributed by atoms with Crippen molar-refractivity contribution in [2.75, 3.05) is 13.0 Å². The Kier molecular flexibility index (Phi) is 6.99. The number of nitrogens with zero attached hydrogens (tertiary/aromatic N) is 1. The molecule has 0 unspecified atom stereocenters. The molecule has 0 saturated carbocycles. The fourth-order valence-corrected chi connectivity index (χ4v) is 4.46. The lowest BCUT2D eigenvalue weighted by Gasteiger charge is -2.23. The minimum atomic E-state index is -3.39. The van der Waals surface area contributed by atoms with E-state index < -0.39 is 25.1 Å². The normalized spacial score (nSPS) is 21.0. The summed E-state index contributed by atoms with van der Waals surface area (Å²) in [7, 11) is -3.39. The fraction of sp³-hybridized carbons (Fsp3) is 0.750. The molecular formula is C16H27N2O7P. The Bertz CT molecular complexity index is 757. The van der Waals surface area contributed by atoms with Crippen molar-refractivity contribution in [3.63, 3.8) is 0 Å². The summed E-state index contributed by atoms with van der Waals surface area (Å²) in [5, 5.41) is 0. The first-order valence-electron chi connectivity index (χ1n) is 8.61. The SMILES string of the molecule is Cc1cn([C@H]2C[C@@H](OCP(=O)(OC(C)C)OC(C)C)CO2)c(=O)[nH]c1=O. The molecule has 2 rings (SSSR count). The molecule has 0 radical (unpaired) electrons. The summed E-state index contributed by atoms with van der Waals surface area (Å²) < 4.78 is 36.3. The fourth-order valence-electron chi connectivity index (χ4n) is 2.61. The molecule has 1 saturated heterocycles. The number of hydrogen-bond donors (Lipinski definition) is 1. The molecular weight excluding hydrogens is 363 g/mol. The maximum atomic E-state index is 12.8. The van der Waals surface area contributed by atoms with E-state index in [1.807, 2.05) is 0 Å². The standard InChI is InChI=1S/C16H27N2O7P/c1-10(2)24-26(21,25-11(3)4)9-23-13-6-14(22-8-13)18-7-12(5)15(19)17-16(18)20/h7,10-11,13-14H,6,8-9H2,1-5H3,(H,17,19,20)/t13-,14-/m1/s1. The van der Waals surface area contributed by atoms with E-state index in [0.717, 1.165) is 0 Å². The first kappa shape index (κ1) is 21.1. The molecule has 0 spiro atoms. The Labute approximate surface area is 152 Å². The van der Waals surface area contributed by atoms with Crippen molar-refractivity contribution in [2.24, 2.45) is 0 Å². The second kappa shape index (κ2) is 8.63. The number of hydrogen-bond acceptors (Lipinski definition) is 7. The van der Waals surface area contributed by atoms with Crippen LogP contribution >= 0.6 is 7.60 Å². The van der Waals surface area contributed by atoms with Gasteiger partial charge < -0.3 is 18.5 Å². The number of ether oxygens (including phenoxy) is 2. The smallest absolute Gasteiger partial charge is 0.356 e. The van der Waals surface area contributed by atoms with E-state index in [9.17, 15) is 14.2 Å². The molecule has 10 heteroatoms. The van der Waals surface area contributed by atoms with Gasteiger partial charge in [-0.2, -0.15) is 0 Å². The molecule has 0 amide bonds. The lowest BCUT2D eigenvalue weighted by atomic mass is 10.3. The molecule has 0 bridgehead atoms. The largest absolute Gasteiger partial charge is 0.363 e. The molecule has 9 nitrogen and oxygen atoms in total. The molecule has 26 heavy (non-hydrogen) atoms. The molecule has 1 aromatic heterocycles. The Balaban J connectivity index is 2.00. The van der Waals surface area contributed by atoms with Crippen LogP contribution in [0.3, 0.4) is 0 Å². The highest BCUT2D eigenvalue weighted by atomic mass is 31.2. The lowest BCUT2D eigenvalue weighted by molar-refractivity contribution is 0.0276. The minimum Gasteiger partial charge on any atom is -0.363 e. The second-order valence-corrected chi connectivity index (χ2v) is 8.74. The minimum absolute atomic E-state index is 0.191. The quantitative estimate of drug-likeness (QED) is 0.678. The zero-order valence-electron chi connectivity index (χ0n) is 15.8. The summed E-state index contributed by atoms with van der Waals surface area (Å²) in [5.74, 6) is 0. The highest BCUT2D eigenvalue weighted by molar-refractivity contribution is 7.53. The van der Waals surface area contributed by atoms with Crippen LogP contribution in [0.1, 0.15) is 45.9 Å².